The molecule has 7 heteroatoms. The van der Waals surface area contributed by atoms with Gasteiger partial charge in [0.05, 0.1) is 6.54 Å². The molecule has 18 heavy (non-hydrogen) atoms. The number of primary amides is 2. The lowest BCUT2D eigenvalue weighted by Gasteiger charge is -2.18. The highest BCUT2D eigenvalue weighted by molar-refractivity contribution is 5.88. The number of rotatable bonds is 4. The van der Waals surface area contributed by atoms with Crippen LogP contribution in [0.1, 0.15) is 20.3 Å². The van der Waals surface area contributed by atoms with Gasteiger partial charge in [-0.1, -0.05) is 12.7 Å². The molecular weight excluding hydrogens is 238 g/mol. The summed E-state index contributed by atoms with van der Waals surface area (Å²) in [6, 6.07) is -0.833. The Hall–Kier alpha value is -2.31. The third kappa shape index (κ3) is 11.8. The normalized spacial score (nSPS) is 8.33. The Morgan fingerprint density at radius 1 is 1.28 bits per heavy atom. The van der Waals surface area contributed by atoms with Crippen LogP contribution in [0.15, 0.2) is 24.8 Å². The summed E-state index contributed by atoms with van der Waals surface area (Å²) in [6.07, 6.45) is 2.22. The molecule has 0 saturated heterocycles. The minimum absolute atomic E-state index is 0.259. The predicted molar refractivity (Wildman–Crippen MR) is 66.9 cm³/mol. The molecule has 0 saturated carbocycles. The van der Waals surface area contributed by atoms with Gasteiger partial charge in [-0.15, -0.1) is 6.58 Å². The molecule has 0 aliphatic heterocycles. The molecule has 0 unspecified atom stereocenters. The number of hydroxylamine groups is 2. The Kier molecular flexibility index (Phi) is 9.92. The summed E-state index contributed by atoms with van der Waals surface area (Å²) in [4.78, 5) is 35.8. The van der Waals surface area contributed by atoms with Gasteiger partial charge < -0.3 is 16.3 Å². The summed E-state index contributed by atoms with van der Waals surface area (Å²) in [7, 11) is 0. The number of amides is 3. The van der Waals surface area contributed by atoms with Gasteiger partial charge in [-0.2, -0.15) is 5.06 Å². The quantitative estimate of drug-likeness (QED) is 0.432. The number of hydrogen-bond donors (Lipinski definition) is 2. The second-order valence-corrected chi connectivity index (χ2v) is 3.26. The number of urea groups is 1. The van der Waals surface area contributed by atoms with Crippen LogP contribution in [0.4, 0.5) is 4.79 Å². The topological polar surface area (TPSA) is 116 Å². The SMILES string of the molecule is C=CCCN(OC(=O)C(=C)C)C(C)=O.NC(N)=O. The molecule has 3 amide bonds. The van der Waals surface area contributed by atoms with Crippen LogP contribution >= 0.6 is 0 Å². The van der Waals surface area contributed by atoms with E-state index < -0.39 is 12.0 Å². The maximum Gasteiger partial charge on any atom is 0.358 e. The molecule has 4 N–H and O–H groups in total. The lowest BCUT2D eigenvalue weighted by molar-refractivity contribution is -0.193. The molecule has 0 spiro atoms. The molecule has 0 fully saturated rings. The van der Waals surface area contributed by atoms with Crippen LogP contribution in [-0.2, 0) is 14.4 Å². The van der Waals surface area contributed by atoms with Crippen molar-refractivity contribution in [3.63, 3.8) is 0 Å². The first-order valence-electron chi connectivity index (χ1n) is 5.04. The van der Waals surface area contributed by atoms with Gasteiger partial charge in [-0.3, -0.25) is 4.79 Å². The Morgan fingerprint density at radius 2 is 1.72 bits per heavy atom. The van der Waals surface area contributed by atoms with Crippen molar-refractivity contribution in [2.45, 2.75) is 20.3 Å². The van der Waals surface area contributed by atoms with E-state index in [-0.39, 0.29) is 11.5 Å². The lowest BCUT2D eigenvalue weighted by atomic mass is 10.4. The Bertz CT molecular complexity index is 335. The summed E-state index contributed by atoms with van der Waals surface area (Å²) in [5.41, 5.74) is 8.76. The van der Waals surface area contributed by atoms with E-state index in [4.69, 9.17) is 9.63 Å². The molecule has 0 radical (unpaired) electrons. The van der Waals surface area contributed by atoms with Gasteiger partial charge in [-0.05, 0) is 13.3 Å². The molecule has 0 aromatic heterocycles. The van der Waals surface area contributed by atoms with E-state index in [1.165, 1.54) is 13.8 Å². The van der Waals surface area contributed by atoms with Gasteiger partial charge >= 0.3 is 12.0 Å². The third-order valence-electron chi connectivity index (χ3n) is 1.43. The molecule has 0 aromatic rings. The van der Waals surface area contributed by atoms with Gasteiger partial charge in [0.2, 0.25) is 0 Å². The van der Waals surface area contributed by atoms with E-state index >= 15 is 0 Å². The molecular formula is C11H19N3O4. The fourth-order valence-electron chi connectivity index (χ4n) is 0.654. The zero-order chi connectivity index (χ0) is 14.7. The summed E-state index contributed by atoms with van der Waals surface area (Å²) in [6.45, 7) is 10.1. The molecule has 0 aliphatic carbocycles. The first-order valence-corrected chi connectivity index (χ1v) is 5.04. The number of hydrogen-bond acceptors (Lipinski definition) is 4. The minimum atomic E-state index is -0.833. The van der Waals surface area contributed by atoms with Crippen LogP contribution in [0.2, 0.25) is 0 Å². The first kappa shape index (κ1) is 18.1. The maximum absolute atomic E-state index is 11.1. The molecule has 0 heterocycles. The molecule has 0 rings (SSSR count). The van der Waals surface area contributed by atoms with Crippen molar-refractivity contribution in [3.8, 4) is 0 Å². The smallest absolute Gasteiger partial charge is 0.352 e. The monoisotopic (exact) mass is 257 g/mol. The molecule has 0 aliphatic rings. The van der Waals surface area contributed by atoms with E-state index in [1.807, 2.05) is 0 Å². The number of carbonyl (C=O) groups excluding carboxylic acids is 3. The molecule has 0 aromatic carbocycles. The summed E-state index contributed by atoms with van der Waals surface area (Å²) >= 11 is 0. The second-order valence-electron chi connectivity index (χ2n) is 3.26. The molecule has 0 bridgehead atoms. The van der Waals surface area contributed by atoms with Crippen molar-refractivity contribution in [3.05, 3.63) is 24.8 Å². The number of carbonyl (C=O) groups is 3. The highest BCUT2D eigenvalue weighted by Gasteiger charge is 2.14. The Balaban J connectivity index is 0. The fraction of sp³-hybridized carbons (Fsp3) is 0.364. The van der Waals surface area contributed by atoms with Crippen molar-refractivity contribution in [2.75, 3.05) is 6.54 Å². The summed E-state index contributed by atoms with van der Waals surface area (Å²) < 4.78 is 0. The van der Waals surface area contributed by atoms with Gasteiger partial charge in [0.15, 0.2) is 0 Å². The van der Waals surface area contributed by atoms with E-state index in [9.17, 15) is 9.59 Å². The second kappa shape index (κ2) is 9.88. The van der Waals surface area contributed by atoms with E-state index in [2.05, 4.69) is 24.6 Å². The van der Waals surface area contributed by atoms with Crippen molar-refractivity contribution in [1.82, 2.24) is 5.06 Å². The van der Waals surface area contributed by atoms with Crippen LogP contribution in [-0.4, -0.2) is 29.5 Å². The van der Waals surface area contributed by atoms with Gasteiger partial charge in [0.1, 0.15) is 0 Å². The zero-order valence-electron chi connectivity index (χ0n) is 10.6. The predicted octanol–water partition coefficient (Wildman–Crippen LogP) is 0.469. The standard InChI is InChI=1S/C10H15NO3.CH4N2O/c1-5-6-7-11(9(4)12)14-10(13)8(2)3;2-1(3)4/h5H,1-2,6-7H2,3-4H3;(H4,2,3,4). The number of nitrogens with two attached hydrogens (primary N) is 2. The average molecular weight is 257 g/mol. The van der Waals surface area contributed by atoms with Crippen molar-refractivity contribution in [1.29, 1.82) is 0 Å². The highest BCUT2D eigenvalue weighted by Crippen LogP contribution is 2.00. The van der Waals surface area contributed by atoms with Crippen LogP contribution in [0.25, 0.3) is 0 Å². The number of nitrogens with zero attached hydrogens (tertiary/aromatic N) is 1. The van der Waals surface area contributed by atoms with Crippen LogP contribution < -0.4 is 11.5 Å². The summed E-state index contributed by atoms with van der Waals surface area (Å²) in [5.74, 6) is -0.911. The molecule has 0 atom stereocenters. The van der Waals surface area contributed by atoms with Crippen molar-refractivity contribution < 1.29 is 19.2 Å². The van der Waals surface area contributed by atoms with E-state index in [0.717, 1.165) is 5.06 Å². The van der Waals surface area contributed by atoms with Gasteiger partial charge in [0, 0.05) is 12.5 Å². The Morgan fingerprint density at radius 3 is 2.00 bits per heavy atom. The van der Waals surface area contributed by atoms with Crippen molar-refractivity contribution >= 4 is 17.9 Å². The average Bonchev–Trinajstić information content (AvgIpc) is 2.22. The lowest BCUT2D eigenvalue weighted by Crippen LogP contribution is -2.32. The van der Waals surface area contributed by atoms with E-state index in [0.29, 0.717) is 13.0 Å². The highest BCUT2D eigenvalue weighted by atomic mass is 16.7. The van der Waals surface area contributed by atoms with E-state index in [1.54, 1.807) is 6.08 Å². The van der Waals surface area contributed by atoms with Crippen LogP contribution in [0.5, 0.6) is 0 Å². The largest absolute Gasteiger partial charge is 0.358 e. The Labute approximate surface area is 106 Å². The zero-order valence-corrected chi connectivity index (χ0v) is 10.6. The van der Waals surface area contributed by atoms with Gasteiger partial charge in [-0.25, -0.2) is 9.59 Å². The van der Waals surface area contributed by atoms with Crippen LogP contribution in [0.3, 0.4) is 0 Å². The third-order valence-corrected chi connectivity index (χ3v) is 1.43. The van der Waals surface area contributed by atoms with Crippen molar-refractivity contribution in [2.24, 2.45) is 11.5 Å². The van der Waals surface area contributed by atoms with Crippen LogP contribution in [0, 0.1) is 0 Å². The van der Waals surface area contributed by atoms with Gasteiger partial charge in [0.25, 0.3) is 5.91 Å². The summed E-state index contributed by atoms with van der Waals surface area (Å²) in [5, 5.41) is 0.999. The maximum atomic E-state index is 11.1. The minimum Gasteiger partial charge on any atom is -0.352 e. The fourth-order valence-corrected chi connectivity index (χ4v) is 0.654. The molecule has 7 nitrogen and oxygen atoms in total. The first-order chi connectivity index (χ1) is 8.22. The molecule has 102 valence electrons.